The second kappa shape index (κ2) is 9.67. The van der Waals surface area contributed by atoms with Crippen LogP contribution in [0, 0.1) is 5.92 Å². The van der Waals surface area contributed by atoms with Crippen LogP contribution in [0.5, 0.6) is 0 Å². The van der Waals surface area contributed by atoms with Gasteiger partial charge in [-0.3, -0.25) is 0 Å². The number of carbonyl (C=O) groups is 1. The number of carboxylic acids is 1. The Labute approximate surface area is 138 Å². The third-order valence-corrected chi connectivity index (χ3v) is 4.54. The van der Waals surface area contributed by atoms with Gasteiger partial charge in [-0.2, -0.15) is 0 Å². The number of carboxylic acid groups (broad SMARTS) is 1. The van der Waals surface area contributed by atoms with E-state index in [0.29, 0.717) is 26.0 Å². The number of hydrogen-bond donors (Lipinski definition) is 2. The predicted octanol–water partition coefficient (Wildman–Crippen LogP) is 2.21. The van der Waals surface area contributed by atoms with Crippen LogP contribution in [0.2, 0.25) is 0 Å². The third-order valence-electron chi connectivity index (χ3n) is 4.54. The minimum absolute atomic E-state index is 0.302. The number of aliphatic carboxylic acids is 1. The molecule has 1 aliphatic rings. The highest BCUT2D eigenvalue weighted by Crippen LogP contribution is 2.26. The summed E-state index contributed by atoms with van der Waals surface area (Å²) >= 11 is 0. The summed E-state index contributed by atoms with van der Waals surface area (Å²) in [6.07, 6.45) is 11.9. The monoisotopic (exact) mass is 323 g/mol. The molecule has 3 N–H and O–H groups in total. The van der Waals surface area contributed by atoms with E-state index in [2.05, 4.69) is 9.55 Å². The molecule has 0 saturated heterocycles. The number of imidazole rings is 1. The molecule has 1 fully saturated rings. The minimum atomic E-state index is -0.946. The van der Waals surface area contributed by atoms with Crippen LogP contribution in [-0.2, 0) is 22.5 Å². The zero-order valence-corrected chi connectivity index (χ0v) is 13.8. The molecule has 1 aromatic heterocycles. The first-order valence-electron chi connectivity index (χ1n) is 8.74. The topological polar surface area (TPSA) is 90.4 Å². The van der Waals surface area contributed by atoms with Gasteiger partial charge < -0.3 is 20.1 Å². The maximum atomic E-state index is 11.2. The summed E-state index contributed by atoms with van der Waals surface area (Å²) < 4.78 is 7.46. The molecule has 0 spiro atoms. The molecule has 0 aromatic carbocycles. The molecule has 0 amide bonds. The van der Waals surface area contributed by atoms with Crippen LogP contribution in [0.15, 0.2) is 12.5 Å². The molecule has 6 heteroatoms. The molecular formula is C17H29N3O3. The standard InChI is InChI=1S/C17H29N3O3/c18-8-4-10-23-16(17(21)22)11-15-12-20(13-19-15)9-7-14-5-2-1-3-6-14/h12-14,16H,1-11,18H2,(H,21,22)/t16-/m1/s1. The van der Waals surface area contributed by atoms with E-state index in [-0.39, 0.29) is 0 Å². The van der Waals surface area contributed by atoms with Gasteiger partial charge in [0.15, 0.2) is 6.10 Å². The fourth-order valence-electron chi connectivity index (χ4n) is 3.16. The first kappa shape index (κ1) is 17.9. The highest BCUT2D eigenvalue weighted by Gasteiger charge is 2.20. The zero-order chi connectivity index (χ0) is 16.5. The van der Waals surface area contributed by atoms with E-state index in [9.17, 15) is 9.90 Å². The van der Waals surface area contributed by atoms with Crippen molar-refractivity contribution in [2.24, 2.45) is 11.7 Å². The maximum absolute atomic E-state index is 11.2. The molecule has 1 heterocycles. The van der Waals surface area contributed by atoms with Gasteiger partial charge in [0.05, 0.1) is 12.0 Å². The van der Waals surface area contributed by atoms with Gasteiger partial charge in [-0.05, 0) is 25.3 Å². The van der Waals surface area contributed by atoms with Gasteiger partial charge in [-0.1, -0.05) is 32.1 Å². The van der Waals surface area contributed by atoms with Gasteiger partial charge in [0.1, 0.15) is 0 Å². The number of nitrogens with two attached hydrogens (primary N) is 1. The molecule has 1 saturated carbocycles. The fraction of sp³-hybridized carbons (Fsp3) is 0.765. The van der Waals surface area contributed by atoms with E-state index in [4.69, 9.17) is 10.5 Å². The Morgan fingerprint density at radius 2 is 2.22 bits per heavy atom. The Kier molecular flexibility index (Phi) is 7.55. The third kappa shape index (κ3) is 6.31. The van der Waals surface area contributed by atoms with E-state index in [1.54, 1.807) is 6.33 Å². The maximum Gasteiger partial charge on any atom is 0.333 e. The van der Waals surface area contributed by atoms with Crippen molar-refractivity contribution in [3.63, 3.8) is 0 Å². The van der Waals surface area contributed by atoms with E-state index >= 15 is 0 Å². The molecule has 23 heavy (non-hydrogen) atoms. The lowest BCUT2D eigenvalue weighted by Gasteiger charge is -2.21. The predicted molar refractivity (Wildman–Crippen MR) is 88.2 cm³/mol. The molecule has 0 unspecified atom stereocenters. The largest absolute Gasteiger partial charge is 0.479 e. The van der Waals surface area contributed by atoms with E-state index < -0.39 is 12.1 Å². The minimum Gasteiger partial charge on any atom is -0.479 e. The first-order valence-corrected chi connectivity index (χ1v) is 8.74. The van der Waals surface area contributed by atoms with Crippen molar-refractivity contribution in [1.82, 2.24) is 9.55 Å². The molecule has 1 aromatic rings. The number of nitrogens with zero attached hydrogens (tertiary/aromatic N) is 2. The van der Waals surface area contributed by atoms with E-state index in [1.165, 1.54) is 38.5 Å². The summed E-state index contributed by atoms with van der Waals surface area (Å²) in [6, 6.07) is 0. The average Bonchev–Trinajstić information content (AvgIpc) is 3.00. The van der Waals surface area contributed by atoms with Crippen LogP contribution in [-0.4, -0.2) is 39.9 Å². The highest BCUT2D eigenvalue weighted by molar-refractivity contribution is 5.72. The average molecular weight is 323 g/mol. The van der Waals surface area contributed by atoms with Crippen LogP contribution in [0.4, 0.5) is 0 Å². The lowest BCUT2D eigenvalue weighted by atomic mass is 9.87. The SMILES string of the molecule is NCCCO[C@H](Cc1cn(CCC2CCCCC2)cn1)C(=O)O. The van der Waals surface area contributed by atoms with Crippen LogP contribution in [0.3, 0.4) is 0 Å². The Balaban J connectivity index is 1.78. The molecule has 1 atom stereocenters. The molecule has 2 rings (SSSR count). The summed E-state index contributed by atoms with van der Waals surface area (Å²) in [5, 5.41) is 9.22. The van der Waals surface area contributed by atoms with Crippen LogP contribution >= 0.6 is 0 Å². The Hall–Kier alpha value is -1.40. The molecule has 6 nitrogen and oxygen atoms in total. The Morgan fingerprint density at radius 3 is 2.91 bits per heavy atom. The lowest BCUT2D eigenvalue weighted by molar-refractivity contribution is -0.150. The van der Waals surface area contributed by atoms with E-state index in [0.717, 1.165) is 18.2 Å². The molecule has 0 radical (unpaired) electrons. The van der Waals surface area contributed by atoms with Crippen molar-refractivity contribution in [3.05, 3.63) is 18.2 Å². The van der Waals surface area contributed by atoms with Gasteiger partial charge in [-0.15, -0.1) is 0 Å². The van der Waals surface area contributed by atoms with Gasteiger partial charge in [0, 0.05) is 25.8 Å². The number of aromatic nitrogens is 2. The summed E-state index contributed by atoms with van der Waals surface area (Å²) in [4.78, 5) is 15.6. The van der Waals surface area contributed by atoms with Gasteiger partial charge in [0.2, 0.25) is 0 Å². The molecule has 1 aliphatic carbocycles. The van der Waals surface area contributed by atoms with Gasteiger partial charge in [0.25, 0.3) is 0 Å². The van der Waals surface area contributed by atoms with Gasteiger partial charge >= 0.3 is 5.97 Å². The molecule has 0 aliphatic heterocycles. The molecular weight excluding hydrogens is 294 g/mol. The van der Waals surface area contributed by atoms with Crippen molar-refractivity contribution in [2.75, 3.05) is 13.2 Å². The second-order valence-electron chi connectivity index (χ2n) is 6.44. The smallest absolute Gasteiger partial charge is 0.333 e. The number of aryl methyl sites for hydroxylation is 1. The molecule has 0 bridgehead atoms. The number of hydrogen-bond acceptors (Lipinski definition) is 4. The first-order chi connectivity index (χ1) is 11.2. The van der Waals surface area contributed by atoms with Crippen LogP contribution in [0.1, 0.15) is 50.6 Å². The lowest BCUT2D eigenvalue weighted by Crippen LogP contribution is -2.27. The van der Waals surface area contributed by atoms with Crippen molar-refractivity contribution in [1.29, 1.82) is 0 Å². The number of ether oxygens (including phenoxy) is 1. The summed E-state index contributed by atoms with van der Waals surface area (Å²) in [5.41, 5.74) is 6.17. The molecule has 130 valence electrons. The van der Waals surface area contributed by atoms with Crippen molar-refractivity contribution in [3.8, 4) is 0 Å². The Bertz CT molecular complexity index is 469. The van der Waals surface area contributed by atoms with Crippen molar-refractivity contribution in [2.45, 2.75) is 64.0 Å². The van der Waals surface area contributed by atoms with Gasteiger partial charge in [-0.25, -0.2) is 9.78 Å². The van der Waals surface area contributed by atoms with Crippen LogP contribution in [0.25, 0.3) is 0 Å². The fourth-order valence-corrected chi connectivity index (χ4v) is 3.16. The summed E-state index contributed by atoms with van der Waals surface area (Å²) in [5.74, 6) is -0.111. The highest BCUT2D eigenvalue weighted by atomic mass is 16.5. The van der Waals surface area contributed by atoms with E-state index in [1.807, 2.05) is 6.20 Å². The Morgan fingerprint density at radius 1 is 1.43 bits per heavy atom. The quantitative estimate of drug-likeness (QED) is 0.644. The van der Waals surface area contributed by atoms with Crippen molar-refractivity contribution < 1.29 is 14.6 Å². The zero-order valence-electron chi connectivity index (χ0n) is 13.8. The summed E-state index contributed by atoms with van der Waals surface area (Å²) in [6.45, 7) is 1.83. The normalized spacial score (nSPS) is 17.3. The van der Waals surface area contributed by atoms with Crippen molar-refractivity contribution >= 4 is 5.97 Å². The number of rotatable bonds is 10. The van der Waals surface area contributed by atoms with Crippen LogP contribution < -0.4 is 5.73 Å². The summed E-state index contributed by atoms with van der Waals surface area (Å²) in [7, 11) is 0. The second-order valence-corrected chi connectivity index (χ2v) is 6.44.